The maximum Gasteiger partial charge on any atom is 0.271 e. The fourth-order valence-electron chi connectivity index (χ4n) is 1.58. The zero-order chi connectivity index (χ0) is 15.6. The SMILES string of the molecule is O=C(Nc1cc([N+](=O)[O-])ccc1Cl)c1cc(I)ccc1Cl. The Bertz CT molecular complexity index is 737. The van der Waals surface area contributed by atoms with Crippen molar-refractivity contribution in [2.75, 3.05) is 5.32 Å². The lowest BCUT2D eigenvalue weighted by atomic mass is 10.2. The van der Waals surface area contributed by atoms with Crippen LogP contribution >= 0.6 is 45.8 Å². The summed E-state index contributed by atoms with van der Waals surface area (Å²) in [4.78, 5) is 22.4. The van der Waals surface area contributed by atoms with Crippen molar-refractivity contribution in [1.82, 2.24) is 0 Å². The highest BCUT2D eigenvalue weighted by atomic mass is 127. The van der Waals surface area contributed by atoms with Crippen molar-refractivity contribution in [2.24, 2.45) is 0 Å². The Balaban J connectivity index is 2.33. The fraction of sp³-hybridized carbons (Fsp3) is 0. The number of rotatable bonds is 3. The molecule has 0 aliphatic carbocycles. The monoisotopic (exact) mass is 436 g/mol. The molecular weight excluding hydrogens is 430 g/mol. The van der Waals surface area contributed by atoms with Crippen LogP contribution in [-0.4, -0.2) is 10.8 Å². The Hall–Kier alpha value is -1.38. The number of nitrogens with zero attached hydrogens (tertiary/aromatic N) is 1. The van der Waals surface area contributed by atoms with Crippen molar-refractivity contribution in [3.63, 3.8) is 0 Å². The van der Waals surface area contributed by atoms with E-state index in [-0.39, 0.29) is 27.0 Å². The topological polar surface area (TPSA) is 72.2 Å². The standard InChI is InChI=1S/C13H7Cl2IN2O3/c14-10-3-1-7(16)5-9(10)13(19)17-12-6-8(18(20)21)2-4-11(12)15/h1-6H,(H,17,19). The number of benzene rings is 2. The van der Waals surface area contributed by atoms with Crippen LogP contribution in [0, 0.1) is 13.7 Å². The Morgan fingerprint density at radius 3 is 2.48 bits per heavy atom. The van der Waals surface area contributed by atoms with Gasteiger partial charge in [0.1, 0.15) is 0 Å². The summed E-state index contributed by atoms with van der Waals surface area (Å²) in [5.41, 5.74) is 0.264. The van der Waals surface area contributed by atoms with E-state index < -0.39 is 10.8 Å². The summed E-state index contributed by atoms with van der Waals surface area (Å²) in [5.74, 6) is -0.485. The van der Waals surface area contributed by atoms with Crippen LogP contribution in [0.4, 0.5) is 11.4 Å². The molecular formula is C13H7Cl2IN2O3. The smallest absolute Gasteiger partial charge is 0.271 e. The first kappa shape index (κ1) is 16.0. The number of anilines is 1. The van der Waals surface area contributed by atoms with Gasteiger partial charge in [-0.2, -0.15) is 0 Å². The minimum absolute atomic E-state index is 0.158. The molecule has 0 saturated carbocycles. The number of carbonyl (C=O) groups is 1. The Labute approximate surface area is 143 Å². The number of non-ortho nitro benzene ring substituents is 1. The second-order valence-electron chi connectivity index (χ2n) is 4.00. The highest BCUT2D eigenvalue weighted by molar-refractivity contribution is 14.1. The van der Waals surface area contributed by atoms with E-state index in [0.717, 1.165) is 3.57 Å². The van der Waals surface area contributed by atoms with Crippen LogP contribution in [-0.2, 0) is 0 Å². The van der Waals surface area contributed by atoms with Crippen LogP contribution in [0.15, 0.2) is 36.4 Å². The molecule has 5 nitrogen and oxygen atoms in total. The predicted octanol–water partition coefficient (Wildman–Crippen LogP) is 4.76. The van der Waals surface area contributed by atoms with E-state index in [1.165, 1.54) is 18.2 Å². The molecule has 21 heavy (non-hydrogen) atoms. The molecule has 2 rings (SSSR count). The molecule has 1 amide bonds. The molecule has 2 aromatic carbocycles. The van der Waals surface area contributed by atoms with Gasteiger partial charge in [0.25, 0.3) is 11.6 Å². The lowest BCUT2D eigenvalue weighted by Crippen LogP contribution is -2.13. The van der Waals surface area contributed by atoms with E-state index in [1.807, 2.05) is 0 Å². The van der Waals surface area contributed by atoms with E-state index in [2.05, 4.69) is 27.9 Å². The third kappa shape index (κ3) is 3.84. The van der Waals surface area contributed by atoms with E-state index >= 15 is 0 Å². The molecule has 1 N–H and O–H groups in total. The number of nitrogens with one attached hydrogen (secondary N) is 1. The second-order valence-corrected chi connectivity index (χ2v) is 6.06. The fourth-order valence-corrected chi connectivity index (χ4v) is 2.44. The second kappa shape index (κ2) is 6.59. The first-order valence-corrected chi connectivity index (χ1v) is 7.42. The minimum Gasteiger partial charge on any atom is -0.320 e. The van der Waals surface area contributed by atoms with Gasteiger partial charge in [-0.25, -0.2) is 0 Å². The van der Waals surface area contributed by atoms with E-state index in [4.69, 9.17) is 23.2 Å². The van der Waals surface area contributed by atoms with Gasteiger partial charge in [0.2, 0.25) is 0 Å². The number of amides is 1. The molecule has 0 spiro atoms. The lowest BCUT2D eigenvalue weighted by Gasteiger charge is -2.08. The van der Waals surface area contributed by atoms with Gasteiger partial charge >= 0.3 is 0 Å². The molecule has 0 fully saturated rings. The summed E-state index contributed by atoms with van der Waals surface area (Å²) in [7, 11) is 0. The summed E-state index contributed by atoms with van der Waals surface area (Å²) in [5, 5.41) is 13.8. The molecule has 0 aromatic heterocycles. The van der Waals surface area contributed by atoms with Crippen molar-refractivity contribution in [1.29, 1.82) is 0 Å². The number of nitro benzene ring substituents is 1. The highest BCUT2D eigenvalue weighted by Gasteiger charge is 2.15. The molecule has 0 saturated heterocycles. The Morgan fingerprint density at radius 1 is 1.14 bits per heavy atom. The summed E-state index contributed by atoms with van der Waals surface area (Å²) in [6.45, 7) is 0. The van der Waals surface area contributed by atoms with Gasteiger partial charge in [0.05, 0.1) is 26.2 Å². The van der Waals surface area contributed by atoms with Gasteiger partial charge in [-0.15, -0.1) is 0 Å². The number of nitro groups is 1. The highest BCUT2D eigenvalue weighted by Crippen LogP contribution is 2.28. The molecule has 0 atom stereocenters. The Morgan fingerprint density at radius 2 is 1.81 bits per heavy atom. The largest absolute Gasteiger partial charge is 0.320 e. The number of hydrogen-bond acceptors (Lipinski definition) is 3. The van der Waals surface area contributed by atoms with E-state index in [1.54, 1.807) is 18.2 Å². The van der Waals surface area contributed by atoms with E-state index in [9.17, 15) is 14.9 Å². The Kier molecular flexibility index (Phi) is 5.02. The average Bonchev–Trinajstić information content (AvgIpc) is 2.43. The van der Waals surface area contributed by atoms with Gasteiger partial charge in [-0.1, -0.05) is 23.2 Å². The first-order valence-electron chi connectivity index (χ1n) is 5.59. The maximum atomic E-state index is 12.2. The molecule has 0 unspecified atom stereocenters. The third-order valence-corrected chi connectivity index (χ3v) is 3.91. The molecule has 0 heterocycles. The van der Waals surface area contributed by atoms with Gasteiger partial charge in [0, 0.05) is 15.7 Å². The molecule has 108 valence electrons. The van der Waals surface area contributed by atoms with Crippen LogP contribution in [0.2, 0.25) is 10.0 Å². The minimum atomic E-state index is -0.565. The molecule has 2 aromatic rings. The lowest BCUT2D eigenvalue weighted by molar-refractivity contribution is -0.384. The van der Waals surface area contributed by atoms with Gasteiger partial charge in [-0.3, -0.25) is 14.9 Å². The maximum absolute atomic E-state index is 12.2. The van der Waals surface area contributed by atoms with Crippen molar-refractivity contribution >= 4 is 63.1 Å². The van der Waals surface area contributed by atoms with E-state index in [0.29, 0.717) is 0 Å². The van der Waals surface area contributed by atoms with Gasteiger partial charge in [-0.05, 0) is 46.9 Å². The summed E-state index contributed by atoms with van der Waals surface area (Å²) < 4.78 is 0.840. The average molecular weight is 437 g/mol. The number of halogens is 3. The van der Waals surface area contributed by atoms with Crippen molar-refractivity contribution < 1.29 is 9.72 Å². The van der Waals surface area contributed by atoms with Crippen LogP contribution in [0.3, 0.4) is 0 Å². The van der Waals surface area contributed by atoms with Crippen LogP contribution < -0.4 is 5.32 Å². The van der Waals surface area contributed by atoms with Gasteiger partial charge in [0.15, 0.2) is 0 Å². The number of carbonyl (C=O) groups excluding carboxylic acids is 1. The summed E-state index contributed by atoms with van der Waals surface area (Å²) in [6.07, 6.45) is 0. The third-order valence-electron chi connectivity index (χ3n) is 2.58. The van der Waals surface area contributed by atoms with Crippen molar-refractivity contribution in [2.45, 2.75) is 0 Å². The van der Waals surface area contributed by atoms with Crippen LogP contribution in [0.5, 0.6) is 0 Å². The normalized spacial score (nSPS) is 10.2. The van der Waals surface area contributed by atoms with Gasteiger partial charge < -0.3 is 5.32 Å². The molecule has 0 aliphatic heterocycles. The van der Waals surface area contributed by atoms with Crippen LogP contribution in [0.1, 0.15) is 10.4 Å². The summed E-state index contributed by atoms with van der Waals surface area (Å²) >= 11 is 14.0. The van der Waals surface area contributed by atoms with Crippen LogP contribution in [0.25, 0.3) is 0 Å². The molecule has 0 bridgehead atoms. The quantitative estimate of drug-likeness (QED) is 0.428. The first-order chi connectivity index (χ1) is 9.88. The van der Waals surface area contributed by atoms with Crippen molar-refractivity contribution in [3.8, 4) is 0 Å². The predicted molar refractivity (Wildman–Crippen MR) is 90.2 cm³/mol. The molecule has 8 heteroatoms. The van der Waals surface area contributed by atoms with Crippen molar-refractivity contribution in [3.05, 3.63) is 65.7 Å². The zero-order valence-electron chi connectivity index (χ0n) is 10.3. The zero-order valence-corrected chi connectivity index (χ0v) is 13.9. The number of hydrogen-bond donors (Lipinski definition) is 1. The molecule has 0 aliphatic rings. The molecule has 0 radical (unpaired) electrons. The summed E-state index contributed by atoms with van der Waals surface area (Å²) in [6, 6.07) is 8.79.